The van der Waals surface area contributed by atoms with Crippen LogP contribution in [0, 0.1) is 5.82 Å². The molecule has 0 spiro atoms. The van der Waals surface area contributed by atoms with Crippen LogP contribution >= 0.6 is 42.5 Å². The summed E-state index contributed by atoms with van der Waals surface area (Å²) in [4.78, 5) is 8.72. The molecule has 0 aliphatic heterocycles. The third-order valence-corrected chi connectivity index (χ3v) is 8.37. The van der Waals surface area contributed by atoms with Crippen molar-refractivity contribution in [1.82, 2.24) is 14.6 Å². The van der Waals surface area contributed by atoms with Crippen LogP contribution in [0.1, 0.15) is 12.0 Å². The number of rotatable bonds is 16. The summed E-state index contributed by atoms with van der Waals surface area (Å²) in [5.41, 5.74) is 7.98. The van der Waals surface area contributed by atoms with Gasteiger partial charge in [0.25, 0.3) is 0 Å². The summed E-state index contributed by atoms with van der Waals surface area (Å²) >= 11 is 18.0. The number of halogens is 4. The average Bonchev–Trinajstić information content (AvgIpc) is 2.97. The van der Waals surface area contributed by atoms with E-state index in [9.17, 15) is 8.96 Å². The van der Waals surface area contributed by atoms with E-state index in [1.807, 2.05) is 12.1 Å². The Hall–Kier alpha value is -2.69. The van der Waals surface area contributed by atoms with E-state index in [1.54, 1.807) is 36.4 Å². The highest BCUT2D eigenvalue weighted by atomic mass is 35.5. The molecule has 0 aliphatic rings. The van der Waals surface area contributed by atoms with Gasteiger partial charge in [-0.3, -0.25) is 4.57 Å². The van der Waals surface area contributed by atoms with Gasteiger partial charge in [-0.25, -0.2) is 24.5 Å². The van der Waals surface area contributed by atoms with Crippen LogP contribution in [-0.2, 0) is 15.7 Å². The maximum Gasteiger partial charge on any atom is 0.340 e. The van der Waals surface area contributed by atoms with Crippen molar-refractivity contribution in [2.75, 3.05) is 43.4 Å². The highest BCUT2D eigenvalue weighted by Gasteiger charge is 2.26. The minimum Gasteiger partial charge on any atom is -0.493 e. The van der Waals surface area contributed by atoms with Gasteiger partial charge in [0, 0.05) is 42.3 Å². The molecule has 1 heterocycles. The second-order valence-corrected chi connectivity index (χ2v) is 12.1. The maximum absolute atomic E-state index is 13.4. The van der Waals surface area contributed by atoms with E-state index in [1.165, 1.54) is 23.1 Å². The van der Waals surface area contributed by atoms with Gasteiger partial charge in [-0.15, -0.1) is 23.2 Å². The van der Waals surface area contributed by atoms with Crippen molar-refractivity contribution >= 4 is 64.9 Å². The molecule has 4 rings (SSSR count). The molecule has 14 heteroatoms. The number of nitrogens with two attached hydrogens (primary N) is 1. The molecule has 3 aromatic carbocycles. The third kappa shape index (κ3) is 9.15. The van der Waals surface area contributed by atoms with Crippen molar-refractivity contribution in [2.24, 2.45) is 5.50 Å². The standard InChI is InChI=1S/C28H30Cl3FN5O4P/c29-9-11-37(12-10-30)42(33,38)41-14-2-13-39-23-6-7-26-24(17-23)28(35-19-34-26)36-22-5-8-27(25(31)16-22)40-18-20-3-1-4-21(32)15-20/h1,3-8,15-17,19H,2,9-14,18H2,(H2,33,38)(H,34,35,36). The number of benzene rings is 3. The lowest BCUT2D eigenvalue weighted by molar-refractivity contribution is 0.228. The number of nitrogens with zero attached hydrogens (tertiary/aromatic N) is 3. The number of hydrogen-bond acceptors (Lipinski definition) is 7. The second-order valence-electron chi connectivity index (χ2n) is 9.02. The third-order valence-electron chi connectivity index (χ3n) is 6.00. The first-order valence-electron chi connectivity index (χ1n) is 13.0. The predicted molar refractivity (Wildman–Crippen MR) is 166 cm³/mol. The van der Waals surface area contributed by atoms with Crippen molar-refractivity contribution in [2.45, 2.75) is 13.0 Å². The van der Waals surface area contributed by atoms with Crippen LogP contribution in [-0.4, -0.2) is 52.7 Å². The lowest BCUT2D eigenvalue weighted by atomic mass is 10.2. The Morgan fingerprint density at radius 2 is 1.79 bits per heavy atom. The van der Waals surface area contributed by atoms with E-state index in [0.717, 1.165) is 5.39 Å². The van der Waals surface area contributed by atoms with Gasteiger partial charge < -0.3 is 19.3 Å². The van der Waals surface area contributed by atoms with Gasteiger partial charge in [-0.2, -0.15) is 0 Å². The zero-order chi connectivity index (χ0) is 30.0. The molecule has 9 nitrogen and oxygen atoms in total. The zero-order valence-electron chi connectivity index (χ0n) is 22.5. The smallest absolute Gasteiger partial charge is 0.340 e. The van der Waals surface area contributed by atoms with Crippen molar-refractivity contribution in [1.29, 1.82) is 0 Å². The molecule has 4 aromatic rings. The van der Waals surface area contributed by atoms with Gasteiger partial charge in [0.1, 0.15) is 36.1 Å². The summed E-state index contributed by atoms with van der Waals surface area (Å²) in [5.74, 6) is 1.82. The monoisotopic (exact) mass is 655 g/mol. The maximum atomic E-state index is 13.4. The quantitative estimate of drug-likeness (QED) is 0.0725. The summed E-state index contributed by atoms with van der Waals surface area (Å²) in [6, 6.07) is 16.9. The molecule has 0 bridgehead atoms. The molecule has 0 saturated carbocycles. The molecule has 0 saturated heterocycles. The Morgan fingerprint density at radius 1 is 0.976 bits per heavy atom. The number of nitrogens with one attached hydrogen (secondary N) is 1. The van der Waals surface area contributed by atoms with Gasteiger partial charge in [-0.05, 0) is 54.1 Å². The minimum atomic E-state index is -3.49. The van der Waals surface area contributed by atoms with Crippen LogP contribution in [0.3, 0.4) is 0 Å². The molecule has 1 atom stereocenters. The number of ether oxygens (including phenoxy) is 2. The first-order valence-corrected chi connectivity index (χ1v) is 16.1. The highest BCUT2D eigenvalue weighted by molar-refractivity contribution is 7.53. The number of anilines is 2. The molecule has 42 heavy (non-hydrogen) atoms. The summed E-state index contributed by atoms with van der Waals surface area (Å²) in [5, 5.41) is 4.38. The average molecular weight is 657 g/mol. The van der Waals surface area contributed by atoms with Crippen molar-refractivity contribution in [3.63, 3.8) is 0 Å². The molecule has 3 N–H and O–H groups in total. The van der Waals surface area contributed by atoms with Gasteiger partial charge in [0.05, 0.1) is 23.8 Å². The molecule has 1 aromatic heterocycles. The second kappa shape index (κ2) is 15.7. The Bertz CT molecular complexity index is 1530. The first-order chi connectivity index (χ1) is 20.3. The van der Waals surface area contributed by atoms with Gasteiger partial charge in [-0.1, -0.05) is 23.7 Å². The summed E-state index contributed by atoms with van der Waals surface area (Å²) in [6.07, 6.45) is 1.92. The van der Waals surface area contributed by atoms with Crippen molar-refractivity contribution in [3.8, 4) is 11.5 Å². The molecular formula is C28H30Cl3FN5O4P. The van der Waals surface area contributed by atoms with Crippen LogP contribution < -0.4 is 20.3 Å². The van der Waals surface area contributed by atoms with Crippen LogP contribution in [0.25, 0.3) is 10.9 Å². The van der Waals surface area contributed by atoms with Crippen molar-refractivity contribution in [3.05, 3.63) is 83.4 Å². The Labute approximate surface area is 258 Å². The topological polar surface area (TPSA) is 112 Å². The predicted octanol–water partition coefficient (Wildman–Crippen LogP) is 7.38. The molecule has 1 unspecified atom stereocenters. The number of hydrogen-bond donors (Lipinski definition) is 2. The highest BCUT2D eigenvalue weighted by Crippen LogP contribution is 2.42. The Balaban J connectivity index is 1.35. The largest absolute Gasteiger partial charge is 0.493 e. The summed E-state index contributed by atoms with van der Waals surface area (Å²) in [6.45, 7) is 1.26. The zero-order valence-corrected chi connectivity index (χ0v) is 25.7. The number of alkyl halides is 2. The fourth-order valence-electron chi connectivity index (χ4n) is 3.96. The Morgan fingerprint density at radius 3 is 2.52 bits per heavy atom. The Kier molecular flexibility index (Phi) is 12.0. The molecular weight excluding hydrogens is 627 g/mol. The van der Waals surface area contributed by atoms with Crippen LogP contribution in [0.5, 0.6) is 11.5 Å². The first kappa shape index (κ1) is 32.2. The number of fused-ring (bicyclic) bond motifs is 1. The van der Waals surface area contributed by atoms with Gasteiger partial charge >= 0.3 is 7.67 Å². The van der Waals surface area contributed by atoms with E-state index in [0.29, 0.717) is 65.2 Å². The van der Waals surface area contributed by atoms with Crippen molar-refractivity contribution < 1.29 is 23.0 Å². The number of aromatic nitrogens is 2. The molecule has 0 amide bonds. The minimum absolute atomic E-state index is 0.140. The fraction of sp³-hybridized carbons (Fsp3) is 0.286. The van der Waals surface area contributed by atoms with Gasteiger partial charge in [0.15, 0.2) is 0 Å². The van der Waals surface area contributed by atoms with E-state index in [4.69, 9.17) is 54.3 Å². The molecule has 0 fully saturated rings. The normalized spacial score (nSPS) is 12.8. The lowest BCUT2D eigenvalue weighted by Gasteiger charge is -2.26. The molecule has 224 valence electrons. The van der Waals surface area contributed by atoms with Crippen LogP contribution in [0.2, 0.25) is 5.02 Å². The summed E-state index contributed by atoms with van der Waals surface area (Å²) in [7, 11) is -3.49. The van der Waals surface area contributed by atoms with E-state index in [-0.39, 0.29) is 30.8 Å². The summed E-state index contributed by atoms with van der Waals surface area (Å²) < 4.78 is 44.7. The molecule has 0 aliphatic carbocycles. The van der Waals surface area contributed by atoms with Gasteiger partial charge in [0.2, 0.25) is 0 Å². The van der Waals surface area contributed by atoms with Crippen LogP contribution in [0.15, 0.2) is 67.0 Å². The lowest BCUT2D eigenvalue weighted by Crippen LogP contribution is -2.29. The molecule has 0 radical (unpaired) electrons. The SMILES string of the molecule is NP(=O)(OCCCOc1ccc2ncnc(Nc3ccc(OCc4cccc(F)c4)c(Cl)c3)c2c1)N(CCCl)CCCl. The van der Waals surface area contributed by atoms with E-state index in [2.05, 4.69) is 15.3 Å². The van der Waals surface area contributed by atoms with E-state index >= 15 is 0 Å². The van der Waals surface area contributed by atoms with Crippen LogP contribution in [0.4, 0.5) is 15.9 Å². The van der Waals surface area contributed by atoms with E-state index < -0.39 is 7.67 Å². The fourth-order valence-corrected chi connectivity index (χ4v) is 6.15.